The molecule has 0 bridgehead atoms. The van der Waals surface area contributed by atoms with Crippen LogP contribution >= 0.6 is 11.3 Å². The molecule has 0 spiro atoms. The monoisotopic (exact) mass is 801 g/mol. The second-order valence-electron chi connectivity index (χ2n) is 17.5. The van der Waals surface area contributed by atoms with E-state index >= 15 is 0 Å². The molecule has 21 heteroatoms. The van der Waals surface area contributed by atoms with Gasteiger partial charge < -0.3 is 33.6 Å². The molecule has 0 aliphatic carbocycles. The van der Waals surface area contributed by atoms with Gasteiger partial charge >= 0.3 is 12.1 Å². The van der Waals surface area contributed by atoms with Crippen LogP contribution in [0.5, 0.6) is 0 Å². The lowest BCUT2D eigenvalue weighted by molar-refractivity contribution is -0.896. The standard InChI is InChI=1S/C34H49BN10O8S2/c1-18-36-22(16-54-18)23(40-53-34(8,9)30(48)51-32(2,3)4)27(46)37-24-28(47)43-25(26-38-41-44(35)39-26)21(17-55(50)29(24)43)15-45(10)13-19-11-42(12-20(19)14-45)31(49)52-33(5,6)7/h16,19-20,24,29H,11-15,17,35H2,1-10H3/p+1/b40-23-/t19-,20+,24-,29-,45?,55?/m1/s1. The normalized spacial score (nSPS) is 27.1. The summed E-state index contributed by atoms with van der Waals surface area (Å²) in [7, 11) is 3.75. The summed E-state index contributed by atoms with van der Waals surface area (Å²) in [6.07, 6.45) is -0.307. The van der Waals surface area contributed by atoms with Gasteiger partial charge in [-0.3, -0.25) is 14.5 Å². The fourth-order valence-electron chi connectivity index (χ4n) is 7.47. The number of thiazole rings is 1. The minimum absolute atomic E-state index is 0.126. The maximum atomic E-state index is 14.1. The number of likely N-dealkylation sites (tertiary alicyclic amines) is 2. The number of nitrogens with zero attached hydrogens (tertiary/aromatic N) is 9. The molecule has 4 aliphatic rings. The van der Waals surface area contributed by atoms with E-state index in [-0.39, 0.29) is 40.9 Å². The molecule has 3 amide bonds. The van der Waals surface area contributed by atoms with Gasteiger partial charge in [0.1, 0.15) is 34.9 Å². The van der Waals surface area contributed by atoms with E-state index in [1.54, 1.807) is 46.0 Å². The zero-order valence-electron chi connectivity index (χ0n) is 33.2. The summed E-state index contributed by atoms with van der Waals surface area (Å²) in [6.45, 7) is 18.7. The lowest BCUT2D eigenvalue weighted by atomic mass is 10.0. The van der Waals surface area contributed by atoms with Gasteiger partial charge in [0.25, 0.3) is 19.8 Å². The second-order valence-corrected chi connectivity index (χ2v) is 20.1. The molecule has 6 rings (SSSR count). The van der Waals surface area contributed by atoms with Crippen LogP contribution < -0.4 is 5.32 Å². The third kappa shape index (κ3) is 8.68. The van der Waals surface area contributed by atoms with Gasteiger partial charge in [-0.15, -0.1) is 21.5 Å². The first-order chi connectivity index (χ1) is 25.4. The highest BCUT2D eigenvalue weighted by Crippen LogP contribution is 2.43. The number of tetrazole rings is 1. The predicted octanol–water partition coefficient (Wildman–Crippen LogP) is 0.445. The Hall–Kier alpha value is -4.08. The lowest BCUT2D eigenvalue weighted by Gasteiger charge is -2.49. The van der Waals surface area contributed by atoms with E-state index in [1.807, 2.05) is 20.8 Å². The molecule has 298 valence electrons. The van der Waals surface area contributed by atoms with Crippen molar-refractivity contribution in [1.82, 2.24) is 40.2 Å². The Labute approximate surface area is 328 Å². The van der Waals surface area contributed by atoms with Crippen LogP contribution in [0.25, 0.3) is 5.70 Å². The molecule has 0 saturated carbocycles. The fraction of sp³-hybridized carbons (Fsp3) is 0.676. The molecule has 6 atom stereocenters. The minimum Gasteiger partial charge on any atom is -0.614 e. The van der Waals surface area contributed by atoms with Crippen LogP contribution in [0.15, 0.2) is 16.1 Å². The van der Waals surface area contributed by atoms with E-state index in [1.165, 1.54) is 34.8 Å². The van der Waals surface area contributed by atoms with Crippen molar-refractivity contribution in [2.75, 3.05) is 45.5 Å². The van der Waals surface area contributed by atoms with Crippen LogP contribution in [0.3, 0.4) is 0 Å². The predicted molar refractivity (Wildman–Crippen MR) is 204 cm³/mol. The number of likely N-dealkylation sites (N-methyl/N-ethyl adjacent to an activating group) is 1. The van der Waals surface area contributed by atoms with Crippen molar-refractivity contribution in [3.63, 3.8) is 0 Å². The van der Waals surface area contributed by atoms with E-state index in [0.717, 1.165) is 18.7 Å². The zero-order valence-corrected chi connectivity index (χ0v) is 34.9. The van der Waals surface area contributed by atoms with Crippen molar-refractivity contribution in [3.8, 4) is 0 Å². The summed E-state index contributed by atoms with van der Waals surface area (Å²) in [6, 6.07) is -1.17. The van der Waals surface area contributed by atoms with Crippen LogP contribution in [-0.4, -0.2) is 155 Å². The number of β-lactam (4-membered cyclic amide) rings is 1. The van der Waals surface area contributed by atoms with Crippen molar-refractivity contribution < 1.29 is 42.5 Å². The molecule has 0 radical (unpaired) electrons. The fourth-order valence-corrected chi connectivity index (χ4v) is 9.75. The molecule has 0 aromatic carbocycles. The number of hydrogen-bond acceptors (Lipinski definition) is 14. The molecule has 3 fully saturated rings. The van der Waals surface area contributed by atoms with E-state index in [2.05, 4.69) is 37.9 Å². The van der Waals surface area contributed by atoms with Gasteiger partial charge in [0.05, 0.1) is 30.7 Å². The van der Waals surface area contributed by atoms with Crippen LogP contribution in [0, 0.1) is 18.8 Å². The number of amides is 3. The molecule has 1 N–H and O–H groups in total. The van der Waals surface area contributed by atoms with E-state index in [0.29, 0.717) is 34.8 Å². The Balaban J connectivity index is 1.21. The number of fused-ring (bicyclic) bond motifs is 2. The van der Waals surface area contributed by atoms with Gasteiger partial charge in [0, 0.05) is 30.3 Å². The second kappa shape index (κ2) is 14.5. The number of nitrogens with one attached hydrogen (secondary N) is 1. The Morgan fingerprint density at radius 2 is 1.73 bits per heavy atom. The first kappa shape index (κ1) is 40.6. The van der Waals surface area contributed by atoms with Crippen molar-refractivity contribution in [1.29, 1.82) is 0 Å². The third-order valence-electron chi connectivity index (χ3n) is 9.70. The number of aromatic nitrogens is 5. The number of oxime groups is 1. The molecule has 18 nitrogen and oxygen atoms in total. The lowest BCUT2D eigenvalue weighted by Crippen LogP contribution is -2.74. The minimum atomic E-state index is -1.62. The number of esters is 1. The van der Waals surface area contributed by atoms with Gasteiger partial charge in [-0.1, -0.05) is 10.4 Å². The number of carbonyl (C=O) groups is 4. The number of ether oxygens (including phenoxy) is 2. The van der Waals surface area contributed by atoms with Gasteiger partial charge in [0.15, 0.2) is 11.8 Å². The van der Waals surface area contributed by atoms with Crippen LogP contribution in [-0.2, 0) is 39.9 Å². The summed E-state index contributed by atoms with van der Waals surface area (Å²) in [5.74, 6) is -1.11. The van der Waals surface area contributed by atoms with Crippen molar-refractivity contribution in [3.05, 3.63) is 27.5 Å². The number of quaternary nitrogens is 1. The van der Waals surface area contributed by atoms with Gasteiger partial charge in [-0.25, -0.2) is 19.3 Å². The first-order valence-corrected chi connectivity index (χ1v) is 20.4. The Bertz CT molecular complexity index is 1920. The maximum Gasteiger partial charge on any atom is 0.410 e. The Morgan fingerprint density at radius 3 is 2.27 bits per heavy atom. The molecule has 3 saturated heterocycles. The average Bonchev–Trinajstić information content (AvgIpc) is 3.82. The number of carbonyl (C=O) groups excluding carboxylic acids is 4. The Morgan fingerprint density at radius 1 is 1.09 bits per heavy atom. The van der Waals surface area contributed by atoms with Gasteiger partial charge in [-0.05, 0) is 73.5 Å². The van der Waals surface area contributed by atoms with E-state index in [4.69, 9.17) is 14.3 Å². The number of rotatable bonds is 9. The number of hydrogen-bond donors (Lipinski definition) is 1. The van der Waals surface area contributed by atoms with Gasteiger partial charge in [0.2, 0.25) is 16.8 Å². The van der Waals surface area contributed by atoms with Crippen molar-refractivity contribution >= 4 is 65.8 Å². The average molecular weight is 802 g/mol. The molecule has 2 aromatic heterocycles. The molecule has 4 aliphatic heterocycles. The molecular formula is C34H50BN10O8S2+. The van der Waals surface area contributed by atoms with Crippen LogP contribution in [0.1, 0.15) is 71.9 Å². The van der Waals surface area contributed by atoms with E-state index in [9.17, 15) is 23.7 Å². The molecular weight excluding hydrogens is 751 g/mol. The molecule has 2 unspecified atom stereocenters. The van der Waals surface area contributed by atoms with Crippen molar-refractivity contribution in [2.45, 2.75) is 90.5 Å². The highest BCUT2D eigenvalue weighted by Gasteiger charge is 2.62. The first-order valence-electron chi connectivity index (χ1n) is 18.1. The largest absolute Gasteiger partial charge is 0.614 e. The summed E-state index contributed by atoms with van der Waals surface area (Å²) in [4.78, 5) is 66.8. The molecule has 6 heterocycles. The topological polar surface area (TPSA) is 206 Å². The van der Waals surface area contributed by atoms with Crippen LogP contribution in [0.4, 0.5) is 4.79 Å². The third-order valence-corrected chi connectivity index (χ3v) is 12.1. The smallest absolute Gasteiger partial charge is 0.410 e. The Kier molecular flexibility index (Phi) is 10.7. The maximum absolute atomic E-state index is 14.1. The molecule has 55 heavy (non-hydrogen) atoms. The van der Waals surface area contributed by atoms with Crippen LogP contribution in [0.2, 0.25) is 0 Å². The van der Waals surface area contributed by atoms with E-state index < -0.39 is 57.2 Å². The highest BCUT2D eigenvalue weighted by atomic mass is 32.2. The summed E-state index contributed by atoms with van der Waals surface area (Å²) >= 11 is -0.340. The summed E-state index contributed by atoms with van der Waals surface area (Å²) < 4.78 is 27.1. The number of aryl methyl sites for hydroxylation is 1. The highest BCUT2D eigenvalue weighted by molar-refractivity contribution is 7.92. The summed E-state index contributed by atoms with van der Waals surface area (Å²) in [5.41, 5.74) is -1.82. The van der Waals surface area contributed by atoms with Gasteiger partial charge in [-0.2, -0.15) is 0 Å². The zero-order chi connectivity index (χ0) is 40.4. The van der Waals surface area contributed by atoms with Crippen molar-refractivity contribution in [2.24, 2.45) is 17.0 Å². The summed E-state index contributed by atoms with van der Waals surface area (Å²) in [5, 5.41) is 20.8. The molecule has 2 aromatic rings. The quantitative estimate of drug-likeness (QED) is 0.0698. The SMILES string of the molecule is Bn1nnc(C2=C(C[N+]3(C)C[C@H]4CN(C(=O)OC(C)(C)C)C[C@H]4C3)C[S+]([O-])[C@@H]3[C@H](NC(=O)/C(=N\OC(C)(C)C(=O)OC(C)(C)C)c4csc(C)n4)C(=O)N23)n1.